The Balaban J connectivity index is 1.88. The molecule has 1 aliphatic rings. The molecule has 0 aromatic heterocycles. The van der Waals surface area contributed by atoms with Crippen LogP contribution in [0, 0.1) is 15.4 Å². The summed E-state index contributed by atoms with van der Waals surface area (Å²) in [7, 11) is 0. The zero-order chi connectivity index (χ0) is 12.3. The molecule has 3 heteroatoms. The van der Waals surface area contributed by atoms with Crippen LogP contribution in [0.1, 0.15) is 32.6 Å². The summed E-state index contributed by atoms with van der Waals surface area (Å²) in [6, 6.07) is 6.04. The first-order valence-corrected chi connectivity index (χ1v) is 7.79. The zero-order valence-corrected chi connectivity index (χ0v) is 13.1. The van der Waals surface area contributed by atoms with E-state index in [-0.39, 0.29) is 0 Å². The van der Waals surface area contributed by atoms with E-state index < -0.39 is 0 Å². The molecule has 1 aromatic carbocycles. The molecule has 2 rings (SSSR count). The van der Waals surface area contributed by atoms with Gasteiger partial charge in [-0.1, -0.05) is 31.4 Å². The van der Waals surface area contributed by atoms with Crippen molar-refractivity contribution in [2.75, 3.05) is 11.9 Å². The second-order valence-corrected chi connectivity index (χ2v) is 6.74. The third kappa shape index (κ3) is 4.02. The molecule has 0 spiro atoms. The second-order valence-electron chi connectivity index (χ2n) is 5.14. The van der Waals surface area contributed by atoms with Gasteiger partial charge >= 0.3 is 0 Å². The predicted molar refractivity (Wildman–Crippen MR) is 83.8 cm³/mol. The van der Waals surface area contributed by atoms with Gasteiger partial charge in [-0.2, -0.15) is 0 Å². The van der Waals surface area contributed by atoms with E-state index in [1.165, 1.54) is 34.9 Å². The molecular weight excluding hydrogens is 345 g/mol. The van der Waals surface area contributed by atoms with Crippen molar-refractivity contribution in [2.45, 2.75) is 32.6 Å². The van der Waals surface area contributed by atoms with Crippen LogP contribution in [0.15, 0.2) is 18.2 Å². The Kier molecular flexibility index (Phi) is 4.97. The first-order chi connectivity index (χ1) is 8.15. The van der Waals surface area contributed by atoms with Crippen LogP contribution in [0.4, 0.5) is 5.69 Å². The van der Waals surface area contributed by atoms with Crippen LogP contribution >= 0.6 is 34.2 Å². The van der Waals surface area contributed by atoms with Crippen molar-refractivity contribution in [1.29, 1.82) is 0 Å². The van der Waals surface area contributed by atoms with Crippen LogP contribution in [0.3, 0.4) is 0 Å². The van der Waals surface area contributed by atoms with E-state index in [9.17, 15) is 0 Å². The summed E-state index contributed by atoms with van der Waals surface area (Å²) in [4.78, 5) is 0. The van der Waals surface area contributed by atoms with Crippen LogP contribution in [0.5, 0.6) is 0 Å². The van der Waals surface area contributed by atoms with Crippen LogP contribution in [-0.2, 0) is 0 Å². The Morgan fingerprint density at radius 1 is 1.41 bits per heavy atom. The van der Waals surface area contributed by atoms with Crippen LogP contribution in [-0.4, -0.2) is 6.54 Å². The van der Waals surface area contributed by atoms with E-state index in [2.05, 4.69) is 40.9 Å². The number of hydrogen-bond donors (Lipinski definition) is 1. The van der Waals surface area contributed by atoms with Gasteiger partial charge in [-0.05, 0) is 65.5 Å². The third-order valence-electron chi connectivity index (χ3n) is 3.56. The van der Waals surface area contributed by atoms with Gasteiger partial charge < -0.3 is 5.32 Å². The van der Waals surface area contributed by atoms with Crippen molar-refractivity contribution >= 4 is 39.9 Å². The van der Waals surface area contributed by atoms with E-state index >= 15 is 0 Å². The monoisotopic (exact) mass is 363 g/mol. The summed E-state index contributed by atoms with van der Waals surface area (Å²) in [5.41, 5.74) is 1.22. The molecule has 0 radical (unpaired) electrons. The third-order valence-corrected chi connectivity index (χ3v) is 4.68. The lowest BCUT2D eigenvalue weighted by Crippen LogP contribution is -2.21. The number of hydrogen-bond acceptors (Lipinski definition) is 1. The lowest BCUT2D eigenvalue weighted by Gasteiger charge is -2.27. The average molecular weight is 364 g/mol. The molecule has 1 aliphatic carbocycles. The van der Waals surface area contributed by atoms with Gasteiger partial charge in [-0.25, -0.2) is 0 Å². The first kappa shape index (κ1) is 13.5. The Morgan fingerprint density at radius 2 is 2.24 bits per heavy atom. The molecule has 0 saturated heterocycles. The molecule has 94 valence electrons. The fraction of sp³-hybridized carbons (Fsp3) is 0.571. The SMILES string of the molecule is CC1CCCC(CNc2ccc(Cl)cc2I)C1. The van der Waals surface area contributed by atoms with Crippen molar-refractivity contribution in [3.63, 3.8) is 0 Å². The lowest BCUT2D eigenvalue weighted by molar-refractivity contribution is 0.293. The largest absolute Gasteiger partial charge is 0.384 e. The molecule has 2 atom stereocenters. The van der Waals surface area contributed by atoms with E-state index in [1.54, 1.807) is 0 Å². The summed E-state index contributed by atoms with van der Waals surface area (Å²) in [6.45, 7) is 3.47. The van der Waals surface area contributed by atoms with Crippen molar-refractivity contribution in [3.05, 3.63) is 26.8 Å². The van der Waals surface area contributed by atoms with E-state index in [4.69, 9.17) is 11.6 Å². The number of rotatable bonds is 3. The van der Waals surface area contributed by atoms with Crippen LogP contribution < -0.4 is 5.32 Å². The molecule has 1 N–H and O–H groups in total. The van der Waals surface area contributed by atoms with E-state index in [1.807, 2.05) is 12.1 Å². The zero-order valence-electron chi connectivity index (χ0n) is 10.2. The Hall–Kier alpha value is 0.0400. The number of halogens is 2. The summed E-state index contributed by atoms with van der Waals surface area (Å²) in [5.74, 6) is 1.74. The van der Waals surface area contributed by atoms with Crippen molar-refractivity contribution < 1.29 is 0 Å². The highest BCUT2D eigenvalue weighted by Gasteiger charge is 2.18. The summed E-state index contributed by atoms with van der Waals surface area (Å²) in [5, 5.41) is 4.38. The van der Waals surface area contributed by atoms with Gasteiger partial charge in [-0.15, -0.1) is 0 Å². The smallest absolute Gasteiger partial charge is 0.0477 e. The number of nitrogens with one attached hydrogen (secondary N) is 1. The van der Waals surface area contributed by atoms with Gasteiger partial charge in [0, 0.05) is 20.8 Å². The Labute approximate surface area is 122 Å². The maximum Gasteiger partial charge on any atom is 0.0477 e. The summed E-state index contributed by atoms with van der Waals surface area (Å²) >= 11 is 8.29. The Morgan fingerprint density at radius 3 is 2.94 bits per heavy atom. The van der Waals surface area contributed by atoms with Gasteiger partial charge in [0.25, 0.3) is 0 Å². The van der Waals surface area contributed by atoms with Crippen LogP contribution in [0.2, 0.25) is 5.02 Å². The summed E-state index contributed by atoms with van der Waals surface area (Å²) < 4.78 is 1.21. The molecule has 1 saturated carbocycles. The minimum atomic E-state index is 0.811. The van der Waals surface area contributed by atoms with Gasteiger partial charge in [0.05, 0.1) is 0 Å². The standard InChI is InChI=1S/C14H19ClIN/c1-10-3-2-4-11(7-10)9-17-14-6-5-12(15)8-13(14)16/h5-6,8,10-11,17H,2-4,7,9H2,1H3. The Bertz CT molecular complexity index is 380. The fourth-order valence-corrected chi connectivity index (χ4v) is 3.69. The van der Waals surface area contributed by atoms with E-state index in [0.717, 1.165) is 23.4 Å². The maximum absolute atomic E-state index is 5.95. The molecule has 1 aromatic rings. The second kappa shape index (κ2) is 6.28. The summed E-state index contributed by atoms with van der Waals surface area (Å²) in [6.07, 6.45) is 5.55. The minimum Gasteiger partial charge on any atom is -0.384 e. The first-order valence-electron chi connectivity index (χ1n) is 6.34. The number of benzene rings is 1. The van der Waals surface area contributed by atoms with Crippen molar-refractivity contribution in [2.24, 2.45) is 11.8 Å². The highest BCUT2D eigenvalue weighted by molar-refractivity contribution is 14.1. The molecular formula is C14H19ClIN. The van der Waals surface area contributed by atoms with Crippen molar-refractivity contribution in [3.8, 4) is 0 Å². The molecule has 1 fully saturated rings. The highest BCUT2D eigenvalue weighted by Crippen LogP contribution is 2.29. The highest BCUT2D eigenvalue weighted by atomic mass is 127. The molecule has 0 aliphatic heterocycles. The lowest BCUT2D eigenvalue weighted by atomic mass is 9.82. The van der Waals surface area contributed by atoms with Gasteiger partial charge in [0.15, 0.2) is 0 Å². The van der Waals surface area contributed by atoms with Crippen molar-refractivity contribution in [1.82, 2.24) is 0 Å². The quantitative estimate of drug-likeness (QED) is 0.729. The minimum absolute atomic E-state index is 0.811. The maximum atomic E-state index is 5.95. The average Bonchev–Trinajstić information content (AvgIpc) is 2.28. The molecule has 17 heavy (non-hydrogen) atoms. The van der Waals surface area contributed by atoms with E-state index in [0.29, 0.717) is 0 Å². The topological polar surface area (TPSA) is 12.0 Å². The number of anilines is 1. The van der Waals surface area contributed by atoms with Gasteiger partial charge in [0.1, 0.15) is 0 Å². The predicted octanol–water partition coefficient (Wildman–Crippen LogP) is 5.18. The molecule has 0 heterocycles. The van der Waals surface area contributed by atoms with Crippen LogP contribution in [0.25, 0.3) is 0 Å². The fourth-order valence-electron chi connectivity index (χ4n) is 2.63. The molecule has 2 unspecified atom stereocenters. The molecule has 0 amide bonds. The van der Waals surface area contributed by atoms with Gasteiger partial charge in [-0.3, -0.25) is 0 Å². The normalized spacial score (nSPS) is 24.6. The molecule has 1 nitrogen and oxygen atoms in total. The molecule has 0 bridgehead atoms. The van der Waals surface area contributed by atoms with Gasteiger partial charge in [0.2, 0.25) is 0 Å².